The second-order valence-corrected chi connectivity index (χ2v) is 6.31. The first-order chi connectivity index (χ1) is 7.55. The molecule has 0 spiro atoms. The van der Waals surface area contributed by atoms with Gasteiger partial charge in [-0.2, -0.15) is 4.80 Å². The highest BCUT2D eigenvalue weighted by atomic mass is 32.2. The van der Waals surface area contributed by atoms with E-state index in [0.717, 1.165) is 0 Å². The Morgan fingerprint density at radius 1 is 1.44 bits per heavy atom. The number of aromatic nitrogens is 4. The van der Waals surface area contributed by atoms with Gasteiger partial charge in [-0.3, -0.25) is 0 Å². The summed E-state index contributed by atoms with van der Waals surface area (Å²) in [5.41, 5.74) is 0. The fourth-order valence-electron chi connectivity index (χ4n) is 1.72. The summed E-state index contributed by atoms with van der Waals surface area (Å²) in [5.74, 6) is 1.19. The molecule has 2 rings (SSSR count). The van der Waals surface area contributed by atoms with Gasteiger partial charge >= 0.3 is 0 Å². The van der Waals surface area contributed by atoms with Crippen LogP contribution < -0.4 is 5.32 Å². The number of aryl methyl sites for hydroxylation is 1. The molecule has 1 aliphatic rings. The zero-order valence-electron chi connectivity index (χ0n) is 9.13. The van der Waals surface area contributed by atoms with Crippen molar-refractivity contribution in [3.05, 3.63) is 5.82 Å². The lowest BCUT2D eigenvalue weighted by Gasteiger charge is -2.22. The lowest BCUT2D eigenvalue weighted by Crippen LogP contribution is -2.37. The van der Waals surface area contributed by atoms with Gasteiger partial charge in [0.15, 0.2) is 5.82 Å². The Morgan fingerprint density at radius 2 is 2.12 bits per heavy atom. The molecule has 0 radical (unpaired) electrons. The van der Waals surface area contributed by atoms with Crippen LogP contribution in [-0.2, 0) is 23.4 Å². The van der Waals surface area contributed by atoms with Gasteiger partial charge in [0.25, 0.3) is 0 Å². The van der Waals surface area contributed by atoms with Gasteiger partial charge in [-0.25, -0.2) is 8.42 Å². The van der Waals surface area contributed by atoms with E-state index in [1.54, 1.807) is 7.05 Å². The van der Waals surface area contributed by atoms with Crippen LogP contribution in [0.4, 0.5) is 0 Å². The zero-order valence-corrected chi connectivity index (χ0v) is 9.94. The van der Waals surface area contributed by atoms with Crippen LogP contribution in [0.2, 0.25) is 0 Å². The van der Waals surface area contributed by atoms with Crippen molar-refractivity contribution in [1.29, 1.82) is 0 Å². The lowest BCUT2D eigenvalue weighted by molar-refractivity contribution is 0.456. The number of nitrogens with one attached hydrogen (secondary N) is 1. The van der Waals surface area contributed by atoms with Gasteiger partial charge in [0.1, 0.15) is 9.84 Å². The molecule has 0 bridgehead atoms. The first-order valence-electron chi connectivity index (χ1n) is 5.22. The van der Waals surface area contributed by atoms with Crippen LogP contribution in [-0.4, -0.2) is 46.2 Å². The Morgan fingerprint density at radius 3 is 2.69 bits per heavy atom. The Kier molecular flexibility index (Phi) is 3.20. The van der Waals surface area contributed by atoms with Gasteiger partial charge in [-0.15, -0.1) is 10.2 Å². The molecular weight excluding hydrogens is 230 g/mol. The predicted molar refractivity (Wildman–Crippen MR) is 57.3 cm³/mol. The van der Waals surface area contributed by atoms with Crippen LogP contribution in [0.3, 0.4) is 0 Å². The molecule has 0 aromatic carbocycles. The Labute approximate surface area is 94.1 Å². The maximum atomic E-state index is 11.2. The van der Waals surface area contributed by atoms with E-state index in [2.05, 4.69) is 20.7 Å². The molecule has 7 nitrogen and oxygen atoms in total. The van der Waals surface area contributed by atoms with Crippen molar-refractivity contribution >= 4 is 9.84 Å². The quantitative estimate of drug-likeness (QED) is 0.725. The summed E-state index contributed by atoms with van der Waals surface area (Å²) in [4.78, 5) is 1.41. The largest absolute Gasteiger partial charge is 0.307 e. The van der Waals surface area contributed by atoms with Gasteiger partial charge in [-0.1, -0.05) is 0 Å². The minimum atomic E-state index is -2.78. The van der Waals surface area contributed by atoms with E-state index in [9.17, 15) is 8.42 Å². The third-order valence-corrected chi connectivity index (χ3v) is 4.37. The maximum Gasteiger partial charge on any atom is 0.188 e. The molecule has 1 fully saturated rings. The van der Waals surface area contributed by atoms with Crippen molar-refractivity contribution in [1.82, 2.24) is 25.5 Å². The van der Waals surface area contributed by atoms with Gasteiger partial charge in [0.05, 0.1) is 25.1 Å². The van der Waals surface area contributed by atoms with Gasteiger partial charge in [-0.05, 0) is 18.1 Å². The normalized spacial score (nSPS) is 21.1. The third-order valence-electron chi connectivity index (χ3n) is 2.65. The van der Waals surface area contributed by atoms with Crippen molar-refractivity contribution in [3.8, 4) is 0 Å². The monoisotopic (exact) mass is 245 g/mol. The lowest BCUT2D eigenvalue weighted by atomic mass is 10.1. The van der Waals surface area contributed by atoms with E-state index >= 15 is 0 Å². The number of hydrogen-bond acceptors (Lipinski definition) is 6. The molecule has 1 saturated heterocycles. The van der Waals surface area contributed by atoms with Crippen LogP contribution in [0.25, 0.3) is 0 Å². The Hall–Kier alpha value is -1.02. The van der Waals surface area contributed by atoms with Gasteiger partial charge in [0, 0.05) is 6.04 Å². The first kappa shape index (κ1) is 11.5. The van der Waals surface area contributed by atoms with E-state index in [1.807, 2.05) is 0 Å². The van der Waals surface area contributed by atoms with Crippen molar-refractivity contribution < 1.29 is 8.42 Å². The first-order valence-corrected chi connectivity index (χ1v) is 7.04. The average Bonchev–Trinajstić information content (AvgIpc) is 2.63. The minimum Gasteiger partial charge on any atom is -0.307 e. The molecule has 1 aromatic rings. The molecule has 1 N–H and O–H groups in total. The fourth-order valence-corrected chi connectivity index (χ4v) is 3.22. The summed E-state index contributed by atoms with van der Waals surface area (Å²) >= 11 is 0. The topological polar surface area (TPSA) is 89.8 Å². The summed E-state index contributed by atoms with van der Waals surface area (Å²) in [6.45, 7) is 0.540. The smallest absolute Gasteiger partial charge is 0.188 e. The molecule has 2 heterocycles. The van der Waals surface area contributed by atoms with Crippen LogP contribution >= 0.6 is 0 Å². The number of tetrazole rings is 1. The van der Waals surface area contributed by atoms with E-state index in [-0.39, 0.29) is 17.5 Å². The summed E-state index contributed by atoms with van der Waals surface area (Å²) in [5, 5.41) is 14.9. The SMILES string of the molecule is Cn1nnc(CNC2CCS(=O)(=O)CC2)n1. The van der Waals surface area contributed by atoms with Crippen LogP contribution in [0, 0.1) is 0 Å². The highest BCUT2D eigenvalue weighted by Gasteiger charge is 2.23. The zero-order chi connectivity index (χ0) is 11.6. The molecule has 0 amide bonds. The standard InChI is InChI=1S/C8H15N5O2S/c1-13-11-8(10-12-13)6-9-7-2-4-16(14,15)5-3-7/h7,9H,2-6H2,1H3. The molecule has 0 aliphatic carbocycles. The second kappa shape index (κ2) is 4.46. The fraction of sp³-hybridized carbons (Fsp3) is 0.875. The summed E-state index contributed by atoms with van der Waals surface area (Å²) < 4.78 is 22.4. The van der Waals surface area contributed by atoms with E-state index in [1.165, 1.54) is 4.80 Å². The highest BCUT2D eigenvalue weighted by Crippen LogP contribution is 2.12. The van der Waals surface area contributed by atoms with Gasteiger partial charge in [0.2, 0.25) is 0 Å². The summed E-state index contributed by atoms with van der Waals surface area (Å²) in [6.07, 6.45) is 1.34. The molecule has 90 valence electrons. The summed E-state index contributed by atoms with van der Waals surface area (Å²) in [6, 6.07) is 0.243. The molecule has 1 aliphatic heterocycles. The van der Waals surface area contributed by atoms with E-state index < -0.39 is 9.84 Å². The Balaban J connectivity index is 1.80. The summed E-state index contributed by atoms with van der Waals surface area (Å²) in [7, 11) is -1.07. The van der Waals surface area contributed by atoms with Crippen LogP contribution in [0.1, 0.15) is 18.7 Å². The highest BCUT2D eigenvalue weighted by molar-refractivity contribution is 7.91. The number of nitrogens with zero attached hydrogens (tertiary/aromatic N) is 4. The van der Waals surface area contributed by atoms with Crippen molar-refractivity contribution in [3.63, 3.8) is 0 Å². The molecular formula is C8H15N5O2S. The number of hydrogen-bond donors (Lipinski definition) is 1. The van der Waals surface area contributed by atoms with Crippen molar-refractivity contribution in [2.75, 3.05) is 11.5 Å². The van der Waals surface area contributed by atoms with Crippen LogP contribution in [0.15, 0.2) is 0 Å². The van der Waals surface area contributed by atoms with Crippen molar-refractivity contribution in [2.45, 2.75) is 25.4 Å². The number of sulfone groups is 1. The molecule has 16 heavy (non-hydrogen) atoms. The maximum absolute atomic E-state index is 11.2. The molecule has 0 atom stereocenters. The molecule has 0 saturated carbocycles. The number of rotatable bonds is 3. The van der Waals surface area contributed by atoms with Gasteiger partial charge < -0.3 is 5.32 Å². The van der Waals surface area contributed by atoms with E-state index in [0.29, 0.717) is 25.2 Å². The van der Waals surface area contributed by atoms with Crippen molar-refractivity contribution in [2.24, 2.45) is 7.05 Å². The Bertz CT molecular complexity index is 441. The average molecular weight is 245 g/mol. The molecule has 0 unspecified atom stereocenters. The second-order valence-electron chi connectivity index (χ2n) is 4.00. The predicted octanol–water partition coefficient (Wildman–Crippen LogP) is -1.12. The van der Waals surface area contributed by atoms with Crippen LogP contribution in [0.5, 0.6) is 0 Å². The molecule has 1 aromatic heterocycles. The minimum absolute atomic E-state index is 0.243. The molecule has 8 heteroatoms. The van der Waals surface area contributed by atoms with E-state index in [4.69, 9.17) is 0 Å². The third kappa shape index (κ3) is 2.99.